The molecule has 0 radical (unpaired) electrons. The maximum atomic E-state index is 12.1. The highest BCUT2D eigenvalue weighted by Crippen LogP contribution is 2.27. The largest absolute Gasteiger partial charge is 0.480 e. The molecule has 0 saturated carbocycles. The number of aliphatic carboxylic acids is 1. The average Bonchev–Trinajstić information content (AvgIpc) is 2.37. The first-order chi connectivity index (χ1) is 9.69. The fraction of sp³-hybridized carbons (Fsp3) is 0.364. The Morgan fingerprint density at radius 1 is 1.52 bits per heavy atom. The van der Waals surface area contributed by atoms with Crippen molar-refractivity contribution in [1.29, 1.82) is 0 Å². The van der Waals surface area contributed by atoms with E-state index in [0.717, 1.165) is 18.2 Å². The van der Waals surface area contributed by atoms with Crippen LogP contribution in [0.15, 0.2) is 23.1 Å². The average molecular weight is 337 g/mol. The summed E-state index contributed by atoms with van der Waals surface area (Å²) in [6.45, 7) is 1.71. The zero-order valence-electron chi connectivity index (χ0n) is 10.9. The number of rotatable bonds is 7. The topological polar surface area (TPSA) is 127 Å². The van der Waals surface area contributed by atoms with Gasteiger partial charge in [0.05, 0.1) is 9.82 Å². The van der Waals surface area contributed by atoms with E-state index in [1.807, 2.05) is 4.72 Å². The lowest BCUT2D eigenvalue weighted by Gasteiger charge is -2.13. The van der Waals surface area contributed by atoms with Gasteiger partial charge in [-0.3, -0.25) is 14.9 Å². The van der Waals surface area contributed by atoms with Crippen LogP contribution in [0.5, 0.6) is 0 Å². The molecular formula is C11H13ClN2O6S. The molecule has 0 heterocycles. The van der Waals surface area contributed by atoms with Gasteiger partial charge in [-0.1, -0.05) is 24.9 Å². The van der Waals surface area contributed by atoms with Crippen LogP contribution in [0, 0.1) is 10.1 Å². The molecule has 0 aromatic heterocycles. The standard InChI is InChI=1S/C11H13ClN2O6S/c1-2-3-9(11(15)16)13-21(19,20)7-4-5-8(12)10(6-7)14(17)18/h4-6,9,13H,2-3H2,1H3,(H,15,16)/t9-/m0/s1. The van der Waals surface area contributed by atoms with Crippen molar-refractivity contribution in [3.05, 3.63) is 33.3 Å². The molecule has 1 rings (SSSR count). The van der Waals surface area contributed by atoms with E-state index in [0.29, 0.717) is 6.42 Å². The number of hydrogen-bond donors (Lipinski definition) is 2. The first kappa shape index (κ1) is 17.3. The fourth-order valence-corrected chi connectivity index (χ4v) is 3.01. The number of benzene rings is 1. The molecular weight excluding hydrogens is 324 g/mol. The van der Waals surface area contributed by atoms with Gasteiger partial charge in [-0.25, -0.2) is 8.42 Å². The maximum Gasteiger partial charge on any atom is 0.321 e. The van der Waals surface area contributed by atoms with Gasteiger partial charge in [-0.2, -0.15) is 4.72 Å². The van der Waals surface area contributed by atoms with Crippen LogP contribution < -0.4 is 4.72 Å². The minimum absolute atomic E-state index is 0.101. The summed E-state index contributed by atoms with van der Waals surface area (Å²) in [7, 11) is -4.19. The second-order valence-corrected chi connectivity index (χ2v) is 6.29. The van der Waals surface area contributed by atoms with Crippen LogP contribution >= 0.6 is 11.6 Å². The van der Waals surface area contributed by atoms with E-state index in [4.69, 9.17) is 16.7 Å². The summed E-state index contributed by atoms with van der Waals surface area (Å²) >= 11 is 5.60. The highest BCUT2D eigenvalue weighted by molar-refractivity contribution is 7.89. The molecule has 0 bridgehead atoms. The van der Waals surface area contributed by atoms with Crippen LogP contribution in [0.25, 0.3) is 0 Å². The highest BCUT2D eigenvalue weighted by Gasteiger charge is 2.26. The van der Waals surface area contributed by atoms with Crippen LogP contribution in [0.1, 0.15) is 19.8 Å². The van der Waals surface area contributed by atoms with Crippen molar-refractivity contribution in [3.63, 3.8) is 0 Å². The zero-order valence-corrected chi connectivity index (χ0v) is 12.5. The number of carbonyl (C=O) groups is 1. The Morgan fingerprint density at radius 2 is 2.14 bits per heavy atom. The summed E-state index contributed by atoms with van der Waals surface area (Å²) in [5, 5.41) is 19.5. The molecule has 0 aliphatic carbocycles. The van der Waals surface area contributed by atoms with Crippen molar-refractivity contribution in [2.45, 2.75) is 30.7 Å². The first-order valence-electron chi connectivity index (χ1n) is 5.88. The van der Waals surface area contributed by atoms with Gasteiger partial charge in [-0.15, -0.1) is 0 Å². The van der Waals surface area contributed by atoms with Crippen LogP contribution in [0.3, 0.4) is 0 Å². The molecule has 0 saturated heterocycles. The molecule has 0 amide bonds. The highest BCUT2D eigenvalue weighted by atomic mass is 35.5. The van der Waals surface area contributed by atoms with E-state index in [9.17, 15) is 23.3 Å². The summed E-state index contributed by atoms with van der Waals surface area (Å²) in [5.41, 5.74) is -0.568. The fourth-order valence-electron chi connectivity index (χ4n) is 1.58. The molecule has 0 aliphatic heterocycles. The number of nitrogens with one attached hydrogen (secondary N) is 1. The van der Waals surface area contributed by atoms with Gasteiger partial charge >= 0.3 is 5.97 Å². The Labute approximate surface area is 125 Å². The van der Waals surface area contributed by atoms with E-state index >= 15 is 0 Å². The van der Waals surface area contributed by atoms with E-state index in [1.54, 1.807) is 6.92 Å². The molecule has 116 valence electrons. The maximum absolute atomic E-state index is 12.1. The van der Waals surface area contributed by atoms with E-state index in [-0.39, 0.29) is 11.4 Å². The molecule has 8 nitrogen and oxygen atoms in total. The van der Waals surface area contributed by atoms with E-state index in [1.165, 1.54) is 0 Å². The molecule has 21 heavy (non-hydrogen) atoms. The van der Waals surface area contributed by atoms with Crippen LogP contribution in [-0.4, -0.2) is 30.5 Å². The number of sulfonamides is 1. The summed E-state index contributed by atoms with van der Waals surface area (Å²) in [6, 6.07) is 1.64. The Hall–Kier alpha value is -1.71. The van der Waals surface area contributed by atoms with Crippen molar-refractivity contribution < 1.29 is 23.2 Å². The third-order valence-corrected chi connectivity index (χ3v) is 4.39. The lowest BCUT2D eigenvalue weighted by molar-refractivity contribution is -0.384. The number of nitro groups is 1. The minimum Gasteiger partial charge on any atom is -0.480 e. The lowest BCUT2D eigenvalue weighted by Crippen LogP contribution is -2.40. The SMILES string of the molecule is CCC[C@H](NS(=O)(=O)c1ccc(Cl)c([N+](=O)[O-])c1)C(=O)O. The van der Waals surface area contributed by atoms with Gasteiger partial charge in [0.15, 0.2) is 0 Å². The normalized spacial score (nSPS) is 12.9. The molecule has 1 atom stereocenters. The van der Waals surface area contributed by atoms with Gasteiger partial charge in [-0.05, 0) is 18.6 Å². The second kappa shape index (κ2) is 6.83. The predicted octanol–water partition coefficient (Wildman–Crippen LogP) is 1.78. The zero-order chi connectivity index (χ0) is 16.2. The molecule has 0 spiro atoms. The molecule has 0 unspecified atom stereocenters. The predicted molar refractivity (Wildman–Crippen MR) is 74.8 cm³/mol. The second-order valence-electron chi connectivity index (χ2n) is 4.17. The Bertz CT molecular complexity index is 661. The van der Waals surface area contributed by atoms with Crippen LogP contribution in [-0.2, 0) is 14.8 Å². The molecule has 0 aliphatic rings. The number of halogens is 1. The van der Waals surface area contributed by atoms with Crippen LogP contribution in [0.2, 0.25) is 5.02 Å². The summed E-state index contributed by atoms with van der Waals surface area (Å²) in [5.74, 6) is -1.32. The van der Waals surface area contributed by atoms with Crippen molar-refractivity contribution in [3.8, 4) is 0 Å². The smallest absolute Gasteiger partial charge is 0.321 e. The van der Waals surface area contributed by atoms with Gasteiger partial charge in [0.25, 0.3) is 5.69 Å². The van der Waals surface area contributed by atoms with Crippen molar-refractivity contribution in [2.75, 3.05) is 0 Å². The Kier molecular flexibility index (Phi) is 5.64. The third kappa shape index (κ3) is 4.38. The number of hydrogen-bond acceptors (Lipinski definition) is 5. The molecule has 2 N–H and O–H groups in total. The number of nitrogens with zero attached hydrogens (tertiary/aromatic N) is 1. The van der Waals surface area contributed by atoms with Gasteiger partial charge < -0.3 is 5.11 Å². The quantitative estimate of drug-likeness (QED) is 0.577. The molecule has 10 heteroatoms. The Balaban J connectivity index is 3.16. The van der Waals surface area contributed by atoms with Gasteiger partial charge in [0.1, 0.15) is 11.1 Å². The molecule has 1 aromatic rings. The van der Waals surface area contributed by atoms with Crippen molar-refractivity contribution in [1.82, 2.24) is 4.72 Å². The lowest BCUT2D eigenvalue weighted by atomic mass is 10.2. The monoisotopic (exact) mass is 336 g/mol. The van der Waals surface area contributed by atoms with Crippen molar-refractivity contribution in [2.24, 2.45) is 0 Å². The summed E-state index contributed by atoms with van der Waals surface area (Å²) < 4.78 is 26.1. The van der Waals surface area contributed by atoms with Crippen LogP contribution in [0.4, 0.5) is 5.69 Å². The molecule has 0 fully saturated rings. The molecule has 1 aromatic carbocycles. The number of nitro benzene ring substituents is 1. The Morgan fingerprint density at radius 3 is 2.62 bits per heavy atom. The first-order valence-corrected chi connectivity index (χ1v) is 7.74. The third-order valence-electron chi connectivity index (χ3n) is 2.60. The number of carboxylic acid groups (broad SMARTS) is 1. The van der Waals surface area contributed by atoms with E-state index in [2.05, 4.69) is 0 Å². The van der Waals surface area contributed by atoms with Gasteiger partial charge in [0.2, 0.25) is 10.0 Å². The minimum atomic E-state index is -4.19. The van der Waals surface area contributed by atoms with Crippen molar-refractivity contribution >= 4 is 33.3 Å². The summed E-state index contributed by atoms with van der Waals surface area (Å²) in [4.78, 5) is 20.5. The number of carboxylic acids is 1. The summed E-state index contributed by atoms with van der Waals surface area (Å²) in [6.07, 6.45) is 0.560. The van der Waals surface area contributed by atoms with E-state index < -0.39 is 37.5 Å². The van der Waals surface area contributed by atoms with Gasteiger partial charge in [0, 0.05) is 6.07 Å².